The van der Waals surface area contributed by atoms with Crippen molar-refractivity contribution in [3.63, 3.8) is 0 Å². The Labute approximate surface area is 352 Å². The van der Waals surface area contributed by atoms with Crippen LogP contribution in [0.25, 0.3) is 11.1 Å². The molecule has 4 aromatic carbocycles. The predicted molar refractivity (Wildman–Crippen MR) is 224 cm³/mol. The van der Waals surface area contributed by atoms with Gasteiger partial charge in [-0.05, 0) is 89.2 Å². The lowest BCUT2D eigenvalue weighted by Crippen LogP contribution is -2.52. The van der Waals surface area contributed by atoms with Crippen LogP contribution in [-0.4, -0.2) is 96.1 Å². The molecule has 1 unspecified atom stereocenters. The maximum Gasteiger partial charge on any atom is 0.255 e. The lowest BCUT2D eigenvalue weighted by atomic mass is 9.88. The molecule has 0 bridgehead atoms. The van der Waals surface area contributed by atoms with E-state index < -0.39 is 11.9 Å². The Morgan fingerprint density at radius 3 is 2.00 bits per heavy atom. The van der Waals surface area contributed by atoms with Crippen molar-refractivity contribution in [3.05, 3.63) is 119 Å². The predicted octanol–water partition coefficient (Wildman–Crippen LogP) is 5.39. The Morgan fingerprint density at radius 1 is 0.750 bits per heavy atom. The summed E-state index contributed by atoms with van der Waals surface area (Å²) < 4.78 is 16.9. The van der Waals surface area contributed by atoms with Gasteiger partial charge in [-0.15, -0.1) is 11.6 Å². The SMILES string of the molecule is O=C(CCOCCOCCC(=O)Nc1cccc2c1CN(C1CCC(=O)NC1=O)C2=O)NCCOc1ccc(C(=C(CCCl)c2ccc(O)cc2)c2ccc(O)cc2)cc1. The van der Waals surface area contributed by atoms with Crippen LogP contribution in [0.2, 0.25) is 0 Å². The van der Waals surface area contributed by atoms with Gasteiger partial charge < -0.3 is 40.0 Å². The second kappa shape index (κ2) is 21.2. The van der Waals surface area contributed by atoms with Gasteiger partial charge >= 0.3 is 0 Å². The molecule has 0 saturated carbocycles. The molecule has 5 N–H and O–H groups in total. The summed E-state index contributed by atoms with van der Waals surface area (Å²) in [5, 5.41) is 27.7. The first-order valence-corrected chi connectivity index (χ1v) is 20.2. The Hall–Kier alpha value is -6.22. The molecule has 1 saturated heterocycles. The highest BCUT2D eigenvalue weighted by Gasteiger charge is 2.40. The third-order valence-electron chi connectivity index (χ3n) is 10.0. The van der Waals surface area contributed by atoms with E-state index in [1.807, 2.05) is 48.5 Å². The molecule has 314 valence electrons. The molecular formula is C45H47ClN4O10. The number of aromatic hydroxyl groups is 2. The van der Waals surface area contributed by atoms with E-state index in [4.69, 9.17) is 25.8 Å². The number of phenolic OH excluding ortho intramolecular Hbond substituents is 2. The number of halogens is 1. The number of nitrogens with zero attached hydrogens (tertiary/aromatic N) is 1. The van der Waals surface area contributed by atoms with E-state index in [0.717, 1.165) is 27.8 Å². The number of amides is 5. The standard InChI is InChI=1S/C45H47ClN4O10/c46-21-18-35(29-4-10-32(51)11-5-29)43(30-6-12-33(52)13-7-30)31-8-14-34(15-9-31)60-25-22-47-40(53)19-23-58-26-27-59-24-20-42(55)48-38-3-1-2-36-37(38)28-50(45(36)57)39-16-17-41(54)49-44(39)56/h1-15,39,51-52H,16-28H2,(H,47,53)(H,48,55)(H,49,54,56). The quantitative estimate of drug-likeness (QED) is 0.0334. The van der Waals surface area contributed by atoms with Gasteiger partial charge in [0.15, 0.2) is 0 Å². The van der Waals surface area contributed by atoms with Gasteiger partial charge in [-0.2, -0.15) is 0 Å². The molecule has 2 aliphatic rings. The van der Waals surface area contributed by atoms with Crippen molar-refractivity contribution in [1.82, 2.24) is 15.5 Å². The van der Waals surface area contributed by atoms with E-state index in [2.05, 4.69) is 16.0 Å². The van der Waals surface area contributed by atoms with Gasteiger partial charge in [0.2, 0.25) is 23.6 Å². The number of imide groups is 1. The van der Waals surface area contributed by atoms with Crippen LogP contribution in [0.1, 0.15) is 64.7 Å². The van der Waals surface area contributed by atoms with Gasteiger partial charge in [0.05, 0.1) is 39.4 Å². The van der Waals surface area contributed by atoms with Crippen molar-refractivity contribution in [2.75, 3.05) is 50.8 Å². The molecule has 5 amide bonds. The number of fused-ring (bicyclic) bond motifs is 1. The molecule has 2 aliphatic heterocycles. The van der Waals surface area contributed by atoms with Crippen molar-refractivity contribution in [2.24, 2.45) is 0 Å². The van der Waals surface area contributed by atoms with Crippen LogP contribution in [0, 0.1) is 0 Å². The molecular weight excluding hydrogens is 792 g/mol. The van der Waals surface area contributed by atoms with Crippen molar-refractivity contribution < 1.29 is 48.4 Å². The first kappa shape index (κ1) is 43.4. The number of hydrogen-bond donors (Lipinski definition) is 5. The maximum atomic E-state index is 13.0. The molecule has 2 heterocycles. The topological polar surface area (TPSA) is 193 Å². The zero-order valence-electron chi connectivity index (χ0n) is 32.9. The number of anilines is 1. The van der Waals surface area contributed by atoms with Crippen molar-refractivity contribution in [2.45, 2.75) is 44.7 Å². The minimum absolute atomic E-state index is 0.0670. The number of carbonyl (C=O) groups is 5. The number of alkyl halides is 1. The summed E-state index contributed by atoms with van der Waals surface area (Å²) in [6.45, 7) is 1.50. The first-order chi connectivity index (χ1) is 29.1. The number of allylic oxidation sites excluding steroid dienone is 1. The van der Waals surface area contributed by atoms with E-state index in [1.165, 1.54) is 4.90 Å². The van der Waals surface area contributed by atoms with E-state index in [9.17, 15) is 34.2 Å². The van der Waals surface area contributed by atoms with Gasteiger partial charge in [0, 0.05) is 42.1 Å². The second-order valence-electron chi connectivity index (χ2n) is 14.1. The lowest BCUT2D eigenvalue weighted by Gasteiger charge is -2.29. The Balaban J connectivity index is 0.861. The number of nitrogens with one attached hydrogen (secondary N) is 3. The Bertz CT molecular complexity index is 2190. The fraction of sp³-hybridized carbons (Fsp3) is 0.311. The van der Waals surface area contributed by atoms with Crippen molar-refractivity contribution in [1.29, 1.82) is 0 Å². The molecule has 0 aromatic heterocycles. The first-order valence-electron chi connectivity index (χ1n) is 19.7. The molecule has 1 atom stereocenters. The molecule has 15 heteroatoms. The summed E-state index contributed by atoms with van der Waals surface area (Å²) in [6, 6.07) is 25.8. The number of benzene rings is 4. The number of ether oxygens (including phenoxy) is 3. The minimum atomic E-state index is -0.744. The van der Waals surface area contributed by atoms with Gasteiger partial charge in [-0.1, -0.05) is 42.5 Å². The lowest BCUT2D eigenvalue weighted by molar-refractivity contribution is -0.137. The van der Waals surface area contributed by atoms with Gasteiger partial charge in [0.25, 0.3) is 5.91 Å². The van der Waals surface area contributed by atoms with E-state index in [0.29, 0.717) is 41.4 Å². The highest BCUT2D eigenvalue weighted by atomic mass is 35.5. The summed E-state index contributed by atoms with van der Waals surface area (Å²) >= 11 is 6.25. The number of hydrogen-bond acceptors (Lipinski definition) is 10. The van der Waals surface area contributed by atoms with Crippen LogP contribution in [0.15, 0.2) is 91.0 Å². The van der Waals surface area contributed by atoms with Crippen molar-refractivity contribution in [3.8, 4) is 17.2 Å². The smallest absolute Gasteiger partial charge is 0.255 e. The molecule has 0 spiro atoms. The molecule has 4 aromatic rings. The normalized spacial score (nSPS) is 15.2. The number of piperidine rings is 1. The van der Waals surface area contributed by atoms with E-state index >= 15 is 0 Å². The second-order valence-corrected chi connectivity index (χ2v) is 14.5. The van der Waals surface area contributed by atoms with Crippen LogP contribution in [0.4, 0.5) is 5.69 Å². The van der Waals surface area contributed by atoms with Crippen LogP contribution >= 0.6 is 11.6 Å². The molecule has 0 radical (unpaired) electrons. The Morgan fingerprint density at radius 2 is 1.37 bits per heavy atom. The van der Waals surface area contributed by atoms with Crippen LogP contribution in [0.5, 0.6) is 17.2 Å². The molecule has 1 fully saturated rings. The Kier molecular flexibility index (Phi) is 15.3. The third-order valence-corrected chi connectivity index (χ3v) is 10.2. The van der Waals surface area contributed by atoms with Gasteiger partial charge in [-0.3, -0.25) is 29.3 Å². The summed E-state index contributed by atoms with van der Waals surface area (Å²) in [6.07, 6.45) is 1.20. The summed E-state index contributed by atoms with van der Waals surface area (Å²) in [5.74, 6) is -0.328. The highest BCUT2D eigenvalue weighted by molar-refractivity contribution is 6.18. The molecule has 6 rings (SSSR count). The number of rotatable bonds is 20. The van der Waals surface area contributed by atoms with Gasteiger partial charge in [0.1, 0.15) is 29.9 Å². The summed E-state index contributed by atoms with van der Waals surface area (Å²) in [4.78, 5) is 63.4. The summed E-state index contributed by atoms with van der Waals surface area (Å²) in [5.41, 5.74) is 6.16. The average molecular weight is 839 g/mol. The molecule has 0 aliphatic carbocycles. The van der Waals surface area contributed by atoms with Crippen molar-refractivity contribution >= 4 is 58.0 Å². The minimum Gasteiger partial charge on any atom is -0.508 e. The highest BCUT2D eigenvalue weighted by Crippen LogP contribution is 2.37. The van der Waals surface area contributed by atoms with Crippen LogP contribution in [0.3, 0.4) is 0 Å². The maximum absolute atomic E-state index is 13.0. The average Bonchev–Trinajstić information content (AvgIpc) is 3.58. The third kappa shape index (κ3) is 11.5. The van der Waals surface area contributed by atoms with Gasteiger partial charge in [-0.25, -0.2) is 0 Å². The zero-order valence-corrected chi connectivity index (χ0v) is 33.7. The fourth-order valence-electron chi connectivity index (χ4n) is 7.05. The summed E-state index contributed by atoms with van der Waals surface area (Å²) in [7, 11) is 0. The molecule has 14 nitrogen and oxygen atoms in total. The van der Waals surface area contributed by atoms with E-state index in [-0.39, 0.29) is 100 Å². The molecule has 60 heavy (non-hydrogen) atoms. The van der Waals surface area contributed by atoms with Crippen LogP contribution in [-0.2, 0) is 35.2 Å². The fourth-order valence-corrected chi connectivity index (χ4v) is 7.24. The largest absolute Gasteiger partial charge is 0.508 e. The number of phenols is 2. The van der Waals surface area contributed by atoms with Crippen LogP contribution < -0.4 is 20.7 Å². The number of carbonyl (C=O) groups excluding carboxylic acids is 5. The monoisotopic (exact) mass is 838 g/mol. The van der Waals surface area contributed by atoms with E-state index in [1.54, 1.807) is 42.5 Å². The zero-order chi connectivity index (χ0) is 42.4.